The minimum atomic E-state index is -1.15. The highest BCUT2D eigenvalue weighted by molar-refractivity contribution is 8.01. The van der Waals surface area contributed by atoms with Crippen molar-refractivity contribution in [1.29, 1.82) is 0 Å². The molecule has 2 atom stereocenters. The molecule has 15 heteroatoms. The molecular formula is C46H48N6O7S2. The number of carbonyl (C=O) groups excluding carboxylic acids is 4. The van der Waals surface area contributed by atoms with Gasteiger partial charge in [-0.15, -0.1) is 33.7 Å². The van der Waals surface area contributed by atoms with E-state index in [0.717, 1.165) is 11.1 Å². The second-order valence-electron chi connectivity index (χ2n) is 15.7. The Morgan fingerprint density at radius 1 is 0.557 bits per heavy atom. The van der Waals surface area contributed by atoms with Crippen LogP contribution in [-0.2, 0) is 36.9 Å². The van der Waals surface area contributed by atoms with E-state index in [9.17, 15) is 19.2 Å². The normalized spacial score (nSPS) is 12.7. The summed E-state index contributed by atoms with van der Waals surface area (Å²) in [4.78, 5) is 53.9. The van der Waals surface area contributed by atoms with E-state index in [0.29, 0.717) is 45.4 Å². The van der Waals surface area contributed by atoms with Gasteiger partial charge in [0.1, 0.15) is 33.1 Å². The molecule has 6 aromatic rings. The maximum Gasteiger partial charge on any atom is 0.338 e. The highest BCUT2D eigenvalue weighted by Crippen LogP contribution is 2.37. The van der Waals surface area contributed by atoms with Gasteiger partial charge in [-0.05, 0) is 115 Å². The molecule has 2 unspecified atom stereocenters. The van der Waals surface area contributed by atoms with Crippen molar-refractivity contribution in [2.24, 2.45) is 0 Å². The van der Waals surface area contributed by atoms with Crippen LogP contribution in [0.3, 0.4) is 0 Å². The second-order valence-corrected chi connectivity index (χ2v) is 19.1. The van der Waals surface area contributed by atoms with Crippen LogP contribution in [0.5, 0.6) is 0 Å². The molecule has 0 saturated heterocycles. The van der Waals surface area contributed by atoms with Crippen LogP contribution >= 0.6 is 23.5 Å². The molecule has 0 spiro atoms. The standard InChI is InChI=1S/C46H48N6O7S2/c1-29-9-13-33(14-10-29)25-51-27-39(47-49-51)31(3)57-41(53)35-17-21-37(22-18-35)60-45(5,6)43(55)59-44(56)46(7,8)61-38-23-19-36(20-24-38)42(54)58-32(4)40-28-52(50-48-40)26-34-15-11-30(2)12-16-34/h9-24,27-28,31-32H,25-26H2,1-8H3. The van der Waals surface area contributed by atoms with Gasteiger partial charge in [0.25, 0.3) is 0 Å². The Morgan fingerprint density at radius 3 is 1.25 bits per heavy atom. The molecule has 13 nitrogen and oxygen atoms in total. The van der Waals surface area contributed by atoms with Gasteiger partial charge in [0.2, 0.25) is 0 Å². The molecule has 4 aromatic carbocycles. The maximum absolute atomic E-state index is 13.3. The average Bonchev–Trinajstić information content (AvgIpc) is 3.90. The van der Waals surface area contributed by atoms with Gasteiger partial charge in [-0.1, -0.05) is 70.1 Å². The van der Waals surface area contributed by atoms with Gasteiger partial charge in [-0.3, -0.25) is 9.59 Å². The number of rotatable bonds is 16. The predicted octanol–water partition coefficient (Wildman–Crippen LogP) is 8.93. The topological polar surface area (TPSA) is 157 Å². The number of esters is 4. The van der Waals surface area contributed by atoms with Crippen molar-refractivity contribution in [1.82, 2.24) is 30.0 Å². The lowest BCUT2D eigenvalue weighted by Gasteiger charge is -2.26. The van der Waals surface area contributed by atoms with Gasteiger partial charge in [-0.25, -0.2) is 19.0 Å². The number of ether oxygens (including phenoxy) is 3. The highest BCUT2D eigenvalue weighted by atomic mass is 32.2. The molecule has 2 aromatic heterocycles. The zero-order valence-corrected chi connectivity index (χ0v) is 37.0. The van der Waals surface area contributed by atoms with E-state index in [-0.39, 0.29) is 0 Å². The number of aryl methyl sites for hydroxylation is 2. The van der Waals surface area contributed by atoms with Gasteiger partial charge in [0, 0.05) is 9.79 Å². The molecule has 2 heterocycles. The molecule has 0 fully saturated rings. The first kappa shape index (κ1) is 44.5. The van der Waals surface area contributed by atoms with Gasteiger partial charge in [0.15, 0.2) is 0 Å². The molecule has 316 valence electrons. The smallest absolute Gasteiger partial charge is 0.338 e. The van der Waals surface area contributed by atoms with E-state index in [1.165, 1.54) is 34.7 Å². The molecule has 0 aliphatic rings. The third kappa shape index (κ3) is 12.0. The van der Waals surface area contributed by atoms with Crippen LogP contribution in [0, 0.1) is 13.8 Å². The minimum Gasteiger partial charge on any atom is -0.452 e. The molecule has 0 aliphatic carbocycles. The fourth-order valence-corrected chi connectivity index (χ4v) is 7.79. The highest BCUT2D eigenvalue weighted by Gasteiger charge is 2.38. The van der Waals surface area contributed by atoms with Crippen molar-refractivity contribution < 1.29 is 33.4 Å². The molecule has 6 rings (SSSR count). The summed E-state index contributed by atoms with van der Waals surface area (Å²) in [7, 11) is 0. The van der Waals surface area contributed by atoms with Crippen molar-refractivity contribution in [3.63, 3.8) is 0 Å². The molecule has 0 radical (unpaired) electrons. The monoisotopic (exact) mass is 860 g/mol. The van der Waals surface area contributed by atoms with Crippen molar-refractivity contribution in [2.75, 3.05) is 0 Å². The van der Waals surface area contributed by atoms with Crippen LogP contribution in [0.2, 0.25) is 0 Å². The van der Waals surface area contributed by atoms with Crippen LogP contribution in [-0.4, -0.2) is 63.4 Å². The van der Waals surface area contributed by atoms with E-state index in [1.54, 1.807) is 112 Å². The van der Waals surface area contributed by atoms with E-state index in [1.807, 2.05) is 62.4 Å². The van der Waals surface area contributed by atoms with Crippen LogP contribution in [0.15, 0.2) is 119 Å². The first-order chi connectivity index (χ1) is 28.9. The molecule has 61 heavy (non-hydrogen) atoms. The van der Waals surface area contributed by atoms with Crippen LogP contribution in [0.4, 0.5) is 0 Å². The summed E-state index contributed by atoms with van der Waals surface area (Å²) >= 11 is 2.39. The lowest BCUT2D eigenvalue weighted by molar-refractivity contribution is -0.162. The van der Waals surface area contributed by atoms with E-state index in [4.69, 9.17) is 14.2 Å². The number of hydrogen-bond donors (Lipinski definition) is 0. The van der Waals surface area contributed by atoms with Gasteiger partial charge < -0.3 is 14.2 Å². The Hall–Kier alpha value is -6.06. The van der Waals surface area contributed by atoms with E-state index < -0.39 is 45.6 Å². The van der Waals surface area contributed by atoms with Gasteiger partial charge >= 0.3 is 23.9 Å². The fraction of sp³-hybridized carbons (Fsp3) is 0.304. The fourth-order valence-electron chi connectivity index (χ4n) is 5.81. The largest absolute Gasteiger partial charge is 0.452 e. The second kappa shape index (κ2) is 19.1. The summed E-state index contributed by atoms with van der Waals surface area (Å²) in [5, 5.41) is 16.7. The molecule has 0 aliphatic heterocycles. The number of aromatic nitrogens is 6. The maximum atomic E-state index is 13.3. The zero-order chi connectivity index (χ0) is 43.9. The van der Waals surface area contributed by atoms with Crippen molar-refractivity contribution >= 4 is 47.4 Å². The molecular weight excluding hydrogens is 813 g/mol. The van der Waals surface area contributed by atoms with Crippen LogP contribution < -0.4 is 0 Å². The lowest BCUT2D eigenvalue weighted by Crippen LogP contribution is -2.38. The van der Waals surface area contributed by atoms with Crippen molar-refractivity contribution in [3.8, 4) is 0 Å². The van der Waals surface area contributed by atoms with Gasteiger partial charge in [0.05, 0.1) is 36.6 Å². The predicted molar refractivity (Wildman–Crippen MR) is 232 cm³/mol. The Balaban J connectivity index is 0.956. The van der Waals surface area contributed by atoms with Crippen molar-refractivity contribution in [3.05, 3.63) is 154 Å². The van der Waals surface area contributed by atoms with Crippen LogP contribution in [0.25, 0.3) is 0 Å². The minimum absolute atomic E-state index is 0.326. The Morgan fingerprint density at radius 2 is 0.902 bits per heavy atom. The SMILES string of the molecule is Cc1ccc(Cn2cc(C(C)OC(=O)c3ccc(SC(C)(C)C(=O)OC(=O)C(C)(C)Sc4ccc(C(=O)OC(C)c5cn(Cc6ccc(C)cc6)nn5)cc4)cc3)nn2)cc1. The summed E-state index contributed by atoms with van der Waals surface area (Å²) in [5.74, 6) is -2.49. The number of hydrogen-bond acceptors (Lipinski definition) is 13. The first-order valence-corrected chi connectivity index (χ1v) is 21.3. The first-order valence-electron chi connectivity index (χ1n) is 19.6. The van der Waals surface area contributed by atoms with E-state index >= 15 is 0 Å². The molecule has 0 bridgehead atoms. The number of carbonyl (C=O) groups is 4. The number of thioether (sulfide) groups is 2. The quantitative estimate of drug-likeness (QED) is 0.0394. The average molecular weight is 861 g/mol. The summed E-state index contributed by atoms with van der Waals surface area (Å²) < 4.78 is 17.8. The summed E-state index contributed by atoms with van der Waals surface area (Å²) in [5.41, 5.74) is 6.21. The Bertz CT molecular complexity index is 2310. The summed E-state index contributed by atoms with van der Waals surface area (Å²) in [6.07, 6.45) is 2.26. The Labute approximate surface area is 363 Å². The molecule has 0 amide bonds. The van der Waals surface area contributed by atoms with Crippen LogP contribution in [0.1, 0.15) is 108 Å². The lowest BCUT2D eigenvalue weighted by atomic mass is 10.1. The third-order valence-corrected chi connectivity index (χ3v) is 11.9. The summed E-state index contributed by atoms with van der Waals surface area (Å²) in [6.45, 7) is 15.3. The summed E-state index contributed by atoms with van der Waals surface area (Å²) in [6, 6.07) is 29.6. The Kier molecular flexibility index (Phi) is 13.9. The number of nitrogens with zero attached hydrogens (tertiary/aromatic N) is 6. The molecule has 0 saturated carbocycles. The molecule has 0 N–H and O–H groups in total. The van der Waals surface area contributed by atoms with Crippen molar-refractivity contribution in [2.45, 2.75) is 100.0 Å². The zero-order valence-electron chi connectivity index (χ0n) is 35.3. The number of benzene rings is 4. The third-order valence-electron chi connectivity index (χ3n) is 9.54. The van der Waals surface area contributed by atoms with Gasteiger partial charge in [-0.2, -0.15) is 0 Å². The van der Waals surface area contributed by atoms with E-state index in [2.05, 4.69) is 20.6 Å².